The summed E-state index contributed by atoms with van der Waals surface area (Å²) in [7, 11) is 0. The van der Waals surface area contributed by atoms with E-state index in [4.69, 9.17) is 23.2 Å². The van der Waals surface area contributed by atoms with E-state index < -0.39 is 0 Å². The lowest BCUT2D eigenvalue weighted by atomic mass is 10.0. The number of carbonyl (C=O) groups is 1. The van der Waals surface area contributed by atoms with Crippen molar-refractivity contribution in [3.05, 3.63) is 39.5 Å². The molecule has 76 valence electrons. The van der Waals surface area contributed by atoms with Gasteiger partial charge in [-0.15, -0.1) is 5.11 Å². The number of rotatable bonds is 1. The summed E-state index contributed by atoms with van der Waals surface area (Å²) < 4.78 is 0. The number of hydrogen-bond donors (Lipinski definition) is 0. The van der Waals surface area contributed by atoms with Crippen LogP contribution in [0.2, 0.25) is 10.0 Å². The molecule has 0 bridgehead atoms. The van der Waals surface area contributed by atoms with Gasteiger partial charge in [-0.25, -0.2) is 0 Å². The average molecular weight is 241 g/mol. The highest BCUT2D eigenvalue weighted by Crippen LogP contribution is 2.30. The number of nitrogens with zero attached hydrogens (tertiary/aromatic N) is 2. The second kappa shape index (κ2) is 3.76. The molecule has 0 radical (unpaired) electrons. The summed E-state index contributed by atoms with van der Waals surface area (Å²) in [6, 6.07) is 5.00. The highest BCUT2D eigenvalue weighted by molar-refractivity contribution is 6.42. The molecule has 1 aromatic rings. The van der Waals surface area contributed by atoms with Gasteiger partial charge >= 0.3 is 0 Å². The van der Waals surface area contributed by atoms with Gasteiger partial charge in [-0.05, 0) is 24.6 Å². The van der Waals surface area contributed by atoms with Crippen molar-refractivity contribution in [2.75, 3.05) is 0 Å². The first kappa shape index (κ1) is 10.3. The highest BCUT2D eigenvalue weighted by Gasteiger charge is 2.20. The second-order valence-corrected chi connectivity index (χ2v) is 3.91. The van der Waals surface area contributed by atoms with Gasteiger partial charge in [-0.2, -0.15) is 5.11 Å². The Kier molecular flexibility index (Phi) is 2.59. The quantitative estimate of drug-likeness (QED) is 0.738. The van der Waals surface area contributed by atoms with Crippen LogP contribution in [-0.2, 0) is 4.79 Å². The standard InChI is InChI=1S/C10H6Cl2N2O/c1-5-9(10(15)14-13-5)6-2-3-7(11)8(12)4-6/h2-4H,1H3. The molecule has 0 aliphatic carbocycles. The zero-order valence-electron chi connectivity index (χ0n) is 7.79. The van der Waals surface area contributed by atoms with Crippen LogP contribution in [0, 0.1) is 0 Å². The number of halogens is 2. The zero-order valence-corrected chi connectivity index (χ0v) is 9.30. The minimum absolute atomic E-state index is 0.342. The van der Waals surface area contributed by atoms with Crippen molar-refractivity contribution < 1.29 is 4.79 Å². The van der Waals surface area contributed by atoms with Crippen LogP contribution in [0.15, 0.2) is 34.1 Å². The lowest BCUT2D eigenvalue weighted by Gasteiger charge is -2.02. The van der Waals surface area contributed by atoms with E-state index in [-0.39, 0.29) is 5.91 Å². The van der Waals surface area contributed by atoms with Crippen LogP contribution in [0.5, 0.6) is 0 Å². The fourth-order valence-corrected chi connectivity index (χ4v) is 1.66. The van der Waals surface area contributed by atoms with Crippen LogP contribution in [0.1, 0.15) is 12.5 Å². The summed E-state index contributed by atoms with van der Waals surface area (Å²) in [4.78, 5) is 11.4. The van der Waals surface area contributed by atoms with Gasteiger partial charge in [0.2, 0.25) is 0 Å². The van der Waals surface area contributed by atoms with Crippen molar-refractivity contribution in [2.24, 2.45) is 10.2 Å². The third-order valence-electron chi connectivity index (χ3n) is 2.07. The molecule has 3 nitrogen and oxygen atoms in total. The molecule has 0 atom stereocenters. The van der Waals surface area contributed by atoms with Gasteiger partial charge in [0, 0.05) is 0 Å². The third-order valence-corrected chi connectivity index (χ3v) is 2.81. The minimum atomic E-state index is -0.342. The summed E-state index contributed by atoms with van der Waals surface area (Å²) in [5.74, 6) is -0.342. The van der Waals surface area contributed by atoms with Crippen LogP contribution in [-0.4, -0.2) is 5.91 Å². The molecular weight excluding hydrogens is 235 g/mol. The van der Waals surface area contributed by atoms with E-state index in [9.17, 15) is 4.79 Å². The van der Waals surface area contributed by atoms with E-state index in [1.807, 2.05) is 0 Å². The third kappa shape index (κ3) is 1.80. The Morgan fingerprint density at radius 2 is 1.87 bits per heavy atom. The summed E-state index contributed by atoms with van der Waals surface area (Å²) >= 11 is 11.6. The molecule has 0 N–H and O–H groups in total. The van der Waals surface area contributed by atoms with E-state index >= 15 is 0 Å². The number of allylic oxidation sites excluding steroid dienone is 1. The summed E-state index contributed by atoms with van der Waals surface area (Å²) in [6.07, 6.45) is 0. The lowest BCUT2D eigenvalue weighted by Crippen LogP contribution is -1.95. The van der Waals surface area contributed by atoms with E-state index in [2.05, 4.69) is 10.2 Å². The molecule has 1 aliphatic rings. The largest absolute Gasteiger partial charge is 0.297 e. The number of azo groups is 1. The smallest absolute Gasteiger partial charge is 0.265 e. The van der Waals surface area contributed by atoms with Crippen molar-refractivity contribution >= 4 is 34.7 Å². The van der Waals surface area contributed by atoms with E-state index in [1.165, 1.54) is 0 Å². The summed E-state index contributed by atoms with van der Waals surface area (Å²) in [6.45, 7) is 1.73. The van der Waals surface area contributed by atoms with Crippen LogP contribution in [0.25, 0.3) is 5.57 Å². The molecule has 1 aromatic carbocycles. The molecule has 1 heterocycles. The topological polar surface area (TPSA) is 41.8 Å². The number of hydrogen-bond acceptors (Lipinski definition) is 2. The molecule has 0 saturated carbocycles. The second-order valence-electron chi connectivity index (χ2n) is 3.09. The Labute approximate surface area is 96.4 Å². The fourth-order valence-electron chi connectivity index (χ4n) is 1.36. The van der Waals surface area contributed by atoms with Gasteiger partial charge in [-0.1, -0.05) is 29.3 Å². The van der Waals surface area contributed by atoms with Crippen molar-refractivity contribution in [1.29, 1.82) is 0 Å². The predicted molar refractivity (Wildman–Crippen MR) is 58.9 cm³/mol. The molecule has 0 spiro atoms. The molecule has 1 amide bonds. The van der Waals surface area contributed by atoms with Crippen LogP contribution in [0.3, 0.4) is 0 Å². The molecular formula is C10H6Cl2N2O. The Hall–Kier alpha value is -1.19. The van der Waals surface area contributed by atoms with Crippen LogP contribution < -0.4 is 0 Å². The molecule has 15 heavy (non-hydrogen) atoms. The van der Waals surface area contributed by atoms with Crippen molar-refractivity contribution in [2.45, 2.75) is 6.92 Å². The Morgan fingerprint density at radius 3 is 2.40 bits per heavy atom. The monoisotopic (exact) mass is 240 g/mol. The normalized spacial score (nSPS) is 15.3. The van der Waals surface area contributed by atoms with E-state index in [0.29, 0.717) is 26.9 Å². The minimum Gasteiger partial charge on any atom is -0.265 e. The maximum absolute atomic E-state index is 11.4. The Morgan fingerprint density at radius 1 is 1.13 bits per heavy atom. The fraction of sp³-hybridized carbons (Fsp3) is 0.100. The van der Waals surface area contributed by atoms with Gasteiger partial charge in [0.05, 0.1) is 21.3 Å². The maximum Gasteiger partial charge on any atom is 0.297 e. The lowest BCUT2D eigenvalue weighted by molar-refractivity contribution is -0.112. The number of amides is 1. The summed E-state index contributed by atoms with van der Waals surface area (Å²) in [5.41, 5.74) is 1.77. The van der Waals surface area contributed by atoms with Gasteiger partial charge in [-0.3, -0.25) is 4.79 Å². The van der Waals surface area contributed by atoms with Gasteiger partial charge in [0.25, 0.3) is 5.91 Å². The number of carbonyl (C=O) groups excluding carboxylic acids is 1. The molecule has 2 rings (SSSR count). The first-order chi connectivity index (χ1) is 7.09. The van der Waals surface area contributed by atoms with Gasteiger partial charge in [0.1, 0.15) is 0 Å². The molecule has 0 fully saturated rings. The predicted octanol–water partition coefficient (Wildman–Crippen LogP) is 3.72. The van der Waals surface area contributed by atoms with Gasteiger partial charge in [0.15, 0.2) is 0 Å². The molecule has 0 unspecified atom stereocenters. The first-order valence-corrected chi connectivity index (χ1v) is 4.97. The highest BCUT2D eigenvalue weighted by atomic mass is 35.5. The van der Waals surface area contributed by atoms with Crippen LogP contribution >= 0.6 is 23.2 Å². The molecule has 0 aromatic heterocycles. The van der Waals surface area contributed by atoms with E-state index in [1.54, 1.807) is 25.1 Å². The Bertz CT molecular complexity index is 506. The van der Waals surface area contributed by atoms with Gasteiger partial charge < -0.3 is 0 Å². The Balaban J connectivity index is 2.52. The van der Waals surface area contributed by atoms with Crippen molar-refractivity contribution in [1.82, 2.24) is 0 Å². The average Bonchev–Trinajstić information content (AvgIpc) is 2.52. The van der Waals surface area contributed by atoms with Crippen LogP contribution in [0.4, 0.5) is 0 Å². The zero-order chi connectivity index (χ0) is 11.0. The number of benzene rings is 1. The molecule has 0 saturated heterocycles. The van der Waals surface area contributed by atoms with E-state index in [0.717, 1.165) is 0 Å². The first-order valence-electron chi connectivity index (χ1n) is 4.22. The molecule has 1 aliphatic heterocycles. The van der Waals surface area contributed by atoms with Crippen molar-refractivity contribution in [3.8, 4) is 0 Å². The molecule has 5 heteroatoms. The van der Waals surface area contributed by atoms with Crippen molar-refractivity contribution in [3.63, 3.8) is 0 Å². The SMILES string of the molecule is CC1=C(c2ccc(Cl)c(Cl)c2)C(=O)N=N1. The maximum atomic E-state index is 11.4. The summed E-state index contributed by atoms with van der Waals surface area (Å²) in [5, 5.41) is 8.04.